The van der Waals surface area contributed by atoms with E-state index in [0.717, 1.165) is 32.1 Å². The number of hydrogen-bond acceptors (Lipinski definition) is 6. The van der Waals surface area contributed by atoms with E-state index < -0.39 is 41.3 Å². The largest absolute Gasteiger partial charge is 0.465 e. The second-order valence-electron chi connectivity index (χ2n) is 11.1. The van der Waals surface area contributed by atoms with Crippen LogP contribution in [0.4, 0.5) is 4.79 Å². The smallest absolute Gasteiger partial charge is 0.406 e. The van der Waals surface area contributed by atoms with Gasteiger partial charge in [0, 0.05) is 18.0 Å². The summed E-state index contributed by atoms with van der Waals surface area (Å²) in [5.74, 6) is -0.737. The Morgan fingerprint density at radius 3 is 2.35 bits per heavy atom. The van der Waals surface area contributed by atoms with Gasteiger partial charge in [0.2, 0.25) is 5.91 Å². The quantitative estimate of drug-likeness (QED) is 0.295. The average Bonchev–Trinajstić information content (AvgIpc) is 3.31. The molecular weight excluding hydrogens is 440 g/mol. The van der Waals surface area contributed by atoms with Crippen molar-refractivity contribution in [2.24, 2.45) is 17.3 Å². The maximum absolute atomic E-state index is 13.7. The molecule has 1 saturated heterocycles. The van der Waals surface area contributed by atoms with Gasteiger partial charge < -0.3 is 20.8 Å². The van der Waals surface area contributed by atoms with Gasteiger partial charge in [-0.3, -0.25) is 24.6 Å². The fourth-order valence-corrected chi connectivity index (χ4v) is 5.72. The Hall–Kier alpha value is -2.20. The van der Waals surface area contributed by atoms with Crippen LogP contribution in [0.15, 0.2) is 0 Å². The minimum absolute atomic E-state index is 0.0306. The van der Waals surface area contributed by atoms with Crippen molar-refractivity contribution in [1.82, 2.24) is 20.9 Å². The Balaban J connectivity index is 1.89. The highest BCUT2D eigenvalue weighted by molar-refractivity contribution is 5.87. The molecule has 1 heterocycles. The van der Waals surface area contributed by atoms with E-state index in [-0.39, 0.29) is 23.8 Å². The summed E-state index contributed by atoms with van der Waals surface area (Å²) >= 11 is 0. The van der Waals surface area contributed by atoms with Gasteiger partial charge in [-0.15, -0.1) is 0 Å². The summed E-state index contributed by atoms with van der Waals surface area (Å²) in [5.41, 5.74) is -2.44. The van der Waals surface area contributed by atoms with Gasteiger partial charge in [-0.05, 0) is 43.9 Å². The zero-order valence-electron chi connectivity index (χ0n) is 20.7. The third-order valence-electron chi connectivity index (χ3n) is 7.72. The second kappa shape index (κ2) is 10.2. The van der Waals surface area contributed by atoms with Crippen molar-refractivity contribution in [1.29, 1.82) is 0 Å². The maximum Gasteiger partial charge on any atom is 0.406 e. The minimum Gasteiger partial charge on any atom is -0.465 e. The van der Waals surface area contributed by atoms with Crippen molar-refractivity contribution in [2.45, 2.75) is 103 Å². The maximum atomic E-state index is 13.7. The monoisotopic (exact) mass is 480 g/mol. The van der Waals surface area contributed by atoms with E-state index in [9.17, 15) is 29.4 Å². The van der Waals surface area contributed by atoms with Crippen LogP contribution < -0.4 is 16.0 Å². The Kier molecular flexibility index (Phi) is 7.92. The molecule has 3 fully saturated rings. The zero-order valence-corrected chi connectivity index (χ0v) is 20.7. The Morgan fingerprint density at radius 2 is 1.82 bits per heavy atom. The first-order chi connectivity index (χ1) is 15.9. The number of aliphatic hydroxyl groups is 1. The summed E-state index contributed by atoms with van der Waals surface area (Å²) in [6.45, 7) is 7.64. The van der Waals surface area contributed by atoms with Crippen molar-refractivity contribution >= 4 is 24.2 Å². The molecule has 0 aromatic rings. The van der Waals surface area contributed by atoms with Crippen LogP contribution in [0, 0.1) is 17.3 Å². The van der Waals surface area contributed by atoms with Crippen LogP contribution in [-0.4, -0.2) is 75.7 Å². The van der Waals surface area contributed by atoms with Crippen LogP contribution in [0.5, 0.6) is 0 Å². The third-order valence-corrected chi connectivity index (χ3v) is 7.72. The van der Waals surface area contributed by atoms with Crippen LogP contribution in [0.1, 0.15) is 72.6 Å². The first kappa shape index (κ1) is 26.4. The van der Waals surface area contributed by atoms with Gasteiger partial charge in [-0.1, -0.05) is 40.5 Å². The van der Waals surface area contributed by atoms with E-state index >= 15 is 0 Å². The number of carbonyl (C=O) groups excluding carboxylic acids is 3. The highest BCUT2D eigenvalue weighted by Crippen LogP contribution is 2.47. The number of rotatable bonds is 10. The number of carbonyl (C=O) groups is 4. The van der Waals surface area contributed by atoms with Gasteiger partial charge in [-0.25, -0.2) is 4.79 Å². The average molecular weight is 481 g/mol. The summed E-state index contributed by atoms with van der Waals surface area (Å²) < 4.78 is 0. The van der Waals surface area contributed by atoms with Crippen LogP contribution in [0.3, 0.4) is 0 Å². The van der Waals surface area contributed by atoms with Crippen molar-refractivity contribution < 1.29 is 29.4 Å². The van der Waals surface area contributed by atoms with Crippen molar-refractivity contribution in [3.63, 3.8) is 0 Å². The molecule has 0 radical (unpaired) electrons. The van der Waals surface area contributed by atoms with Crippen LogP contribution in [0.2, 0.25) is 0 Å². The lowest BCUT2D eigenvalue weighted by atomic mass is 9.79. The summed E-state index contributed by atoms with van der Waals surface area (Å²) in [6, 6.07) is -1.43. The summed E-state index contributed by atoms with van der Waals surface area (Å²) in [6.07, 6.45) is 3.40. The molecule has 3 amide bonds. The molecule has 6 atom stereocenters. The lowest BCUT2D eigenvalue weighted by molar-refractivity contribution is -0.141. The molecule has 34 heavy (non-hydrogen) atoms. The molecule has 192 valence electrons. The molecule has 3 aliphatic rings. The highest BCUT2D eigenvalue weighted by atomic mass is 16.4. The molecule has 1 aliphatic heterocycles. The second-order valence-corrected chi connectivity index (χ2v) is 11.1. The number of likely N-dealkylation sites (tertiary alicyclic amines) is 1. The van der Waals surface area contributed by atoms with E-state index in [2.05, 4.69) is 16.0 Å². The van der Waals surface area contributed by atoms with Gasteiger partial charge >= 0.3 is 6.09 Å². The summed E-state index contributed by atoms with van der Waals surface area (Å²) in [5, 5.41) is 28.4. The Labute approximate surface area is 201 Å². The third kappa shape index (κ3) is 5.22. The van der Waals surface area contributed by atoms with Gasteiger partial charge in [-0.2, -0.15) is 0 Å². The molecule has 5 N–H and O–H groups in total. The fourth-order valence-electron chi connectivity index (χ4n) is 5.72. The van der Waals surface area contributed by atoms with Gasteiger partial charge in [0.15, 0.2) is 18.1 Å². The van der Waals surface area contributed by atoms with Crippen molar-refractivity contribution in [2.75, 3.05) is 6.54 Å². The fraction of sp³-hybridized carbons (Fsp3) is 0.833. The van der Waals surface area contributed by atoms with Gasteiger partial charge in [0.1, 0.15) is 0 Å². The topological polar surface area (TPSA) is 148 Å². The molecule has 1 unspecified atom stereocenters. The van der Waals surface area contributed by atoms with E-state index in [1.807, 2.05) is 6.92 Å². The number of amides is 3. The Morgan fingerprint density at radius 1 is 1.15 bits per heavy atom. The SMILES string of the molecule is CCC[C@H](NC(=O)C1[C@H]2CCC[C@H]2CN1[C@@](C=O)(NC(=O)O)C(C)(C)C)[C@H](O)C(=O)NC1CC1. The van der Waals surface area contributed by atoms with E-state index in [1.165, 1.54) is 0 Å². The standard InChI is InChI=1S/C24H40N4O6/c1-5-7-17(19(30)21(32)25-15-10-11-15)26-20(31)18-16-9-6-8-14(16)12-28(18)24(13-29,23(2,3)4)27-22(33)34/h13-19,27,30H,5-12H2,1-4H3,(H,25,32)(H,26,31)(H,33,34)/t14-,16-,17-,18?,19-,24+/m0/s1. The summed E-state index contributed by atoms with van der Waals surface area (Å²) in [4.78, 5) is 52.2. The molecule has 2 aliphatic carbocycles. The first-order valence-corrected chi connectivity index (χ1v) is 12.5. The molecule has 0 aromatic carbocycles. The lowest BCUT2D eigenvalue weighted by Gasteiger charge is -2.49. The lowest BCUT2D eigenvalue weighted by Crippen LogP contribution is -2.71. The molecule has 0 aromatic heterocycles. The minimum atomic E-state index is -1.60. The number of nitrogens with one attached hydrogen (secondary N) is 3. The van der Waals surface area contributed by atoms with E-state index in [1.54, 1.807) is 25.7 Å². The number of fused-ring (bicyclic) bond motifs is 1. The van der Waals surface area contributed by atoms with E-state index in [0.29, 0.717) is 25.7 Å². The number of nitrogens with zero attached hydrogens (tertiary/aromatic N) is 1. The Bertz CT molecular complexity index is 795. The van der Waals surface area contributed by atoms with Crippen LogP contribution in [0.25, 0.3) is 0 Å². The van der Waals surface area contributed by atoms with Gasteiger partial charge in [0.05, 0.1) is 12.1 Å². The molecule has 0 spiro atoms. The normalized spacial score (nSPS) is 28.3. The predicted molar refractivity (Wildman–Crippen MR) is 125 cm³/mol. The molecular formula is C24H40N4O6. The van der Waals surface area contributed by atoms with Crippen LogP contribution >= 0.6 is 0 Å². The van der Waals surface area contributed by atoms with E-state index in [4.69, 9.17) is 0 Å². The molecule has 2 saturated carbocycles. The van der Waals surface area contributed by atoms with Crippen LogP contribution in [-0.2, 0) is 14.4 Å². The van der Waals surface area contributed by atoms with Gasteiger partial charge in [0.25, 0.3) is 5.91 Å². The zero-order chi connectivity index (χ0) is 25.3. The number of aldehydes is 1. The number of carboxylic acid groups (broad SMARTS) is 1. The molecule has 10 nitrogen and oxygen atoms in total. The molecule has 0 bridgehead atoms. The molecule has 3 rings (SSSR count). The first-order valence-electron chi connectivity index (χ1n) is 12.5. The number of hydrogen-bond donors (Lipinski definition) is 5. The van der Waals surface area contributed by atoms with Crippen molar-refractivity contribution in [3.05, 3.63) is 0 Å². The highest BCUT2D eigenvalue weighted by Gasteiger charge is 2.59. The number of aliphatic hydroxyl groups excluding tert-OH is 1. The van der Waals surface area contributed by atoms with Crippen molar-refractivity contribution in [3.8, 4) is 0 Å². The predicted octanol–water partition coefficient (Wildman–Crippen LogP) is 1.22. The molecule has 10 heteroatoms. The summed E-state index contributed by atoms with van der Waals surface area (Å²) in [7, 11) is 0.